The molecule has 0 aromatic rings. The molecule has 1 heterocycles. The molecule has 6 heteroatoms. The molecule has 3 nitrogen and oxygen atoms in total. The highest BCUT2D eigenvalue weighted by molar-refractivity contribution is 5.79. The Labute approximate surface area is 123 Å². The van der Waals surface area contributed by atoms with E-state index in [0.717, 1.165) is 19.3 Å². The van der Waals surface area contributed by atoms with Crippen LogP contribution in [0.5, 0.6) is 0 Å². The van der Waals surface area contributed by atoms with Gasteiger partial charge in [0.1, 0.15) is 0 Å². The van der Waals surface area contributed by atoms with Crippen LogP contribution in [-0.2, 0) is 4.79 Å². The van der Waals surface area contributed by atoms with Crippen molar-refractivity contribution in [2.75, 3.05) is 13.1 Å². The molecule has 2 N–H and O–H groups in total. The van der Waals surface area contributed by atoms with E-state index in [9.17, 15) is 18.0 Å². The van der Waals surface area contributed by atoms with Crippen molar-refractivity contribution in [2.45, 2.75) is 50.7 Å². The van der Waals surface area contributed by atoms with Gasteiger partial charge >= 0.3 is 6.18 Å². The van der Waals surface area contributed by atoms with E-state index in [4.69, 9.17) is 5.73 Å². The van der Waals surface area contributed by atoms with Crippen LogP contribution < -0.4 is 5.73 Å². The summed E-state index contributed by atoms with van der Waals surface area (Å²) in [7, 11) is 0. The number of carbonyl (C=O) groups is 1. The minimum absolute atomic E-state index is 0.0973. The van der Waals surface area contributed by atoms with Gasteiger partial charge in [0.05, 0.1) is 5.92 Å². The molecule has 120 valence electrons. The fourth-order valence-electron chi connectivity index (χ4n) is 4.54. The highest BCUT2D eigenvalue weighted by Gasteiger charge is 2.51. The first kappa shape index (κ1) is 15.1. The van der Waals surface area contributed by atoms with Crippen LogP contribution in [0.3, 0.4) is 0 Å². The minimum atomic E-state index is -4.26. The predicted molar refractivity (Wildman–Crippen MR) is 72.3 cm³/mol. The van der Waals surface area contributed by atoms with Gasteiger partial charge in [0, 0.05) is 25.0 Å². The highest BCUT2D eigenvalue weighted by Crippen LogP contribution is 2.44. The summed E-state index contributed by atoms with van der Waals surface area (Å²) in [5.74, 6) is -1.90. The molecule has 5 unspecified atom stereocenters. The number of alkyl halides is 3. The standard InChI is InChI=1S/C15H23F3N2O/c16-15(17,18)12-4-2-1-3-10(12)14(21)20-7-9-5-6-13(19)11(9)8-20/h9-13H,1-8,19H2. The van der Waals surface area contributed by atoms with E-state index in [2.05, 4.69) is 0 Å². The van der Waals surface area contributed by atoms with Gasteiger partial charge in [0.2, 0.25) is 5.91 Å². The Kier molecular flexibility index (Phi) is 3.93. The van der Waals surface area contributed by atoms with Crippen molar-refractivity contribution in [3.8, 4) is 0 Å². The number of rotatable bonds is 1. The Morgan fingerprint density at radius 3 is 2.43 bits per heavy atom. The van der Waals surface area contributed by atoms with E-state index in [-0.39, 0.29) is 18.4 Å². The Bertz CT molecular complexity index is 412. The summed E-state index contributed by atoms with van der Waals surface area (Å²) in [5, 5.41) is 0. The third-order valence-electron chi connectivity index (χ3n) is 5.73. The van der Waals surface area contributed by atoms with Gasteiger partial charge in [-0.2, -0.15) is 13.2 Å². The zero-order chi connectivity index (χ0) is 15.2. The second-order valence-electron chi connectivity index (χ2n) is 6.95. The second kappa shape index (κ2) is 5.45. The van der Waals surface area contributed by atoms with Crippen LogP contribution in [0.4, 0.5) is 13.2 Å². The van der Waals surface area contributed by atoms with Crippen LogP contribution in [0.25, 0.3) is 0 Å². The molecule has 3 rings (SSSR count). The van der Waals surface area contributed by atoms with Gasteiger partial charge in [-0.1, -0.05) is 12.8 Å². The quantitative estimate of drug-likeness (QED) is 0.809. The minimum Gasteiger partial charge on any atom is -0.342 e. The molecule has 0 spiro atoms. The number of hydrogen-bond donors (Lipinski definition) is 1. The third-order valence-corrected chi connectivity index (χ3v) is 5.73. The highest BCUT2D eigenvalue weighted by atomic mass is 19.4. The third kappa shape index (κ3) is 2.79. The van der Waals surface area contributed by atoms with E-state index >= 15 is 0 Å². The van der Waals surface area contributed by atoms with Gasteiger partial charge in [-0.15, -0.1) is 0 Å². The lowest BCUT2D eigenvalue weighted by Crippen LogP contribution is -2.44. The molecule has 3 fully saturated rings. The van der Waals surface area contributed by atoms with Crippen molar-refractivity contribution in [1.29, 1.82) is 0 Å². The lowest BCUT2D eigenvalue weighted by molar-refractivity contribution is -0.200. The van der Waals surface area contributed by atoms with Crippen LogP contribution in [0.15, 0.2) is 0 Å². The van der Waals surface area contributed by atoms with E-state index in [0.29, 0.717) is 37.8 Å². The Balaban J connectivity index is 1.69. The van der Waals surface area contributed by atoms with E-state index < -0.39 is 18.0 Å². The van der Waals surface area contributed by atoms with Crippen molar-refractivity contribution >= 4 is 5.91 Å². The molecule has 0 aromatic carbocycles. The molecule has 2 saturated carbocycles. The summed E-state index contributed by atoms with van der Waals surface area (Å²) in [6, 6.07) is 0.109. The second-order valence-corrected chi connectivity index (χ2v) is 6.95. The normalized spacial score (nSPS) is 40.4. The summed E-state index contributed by atoms with van der Waals surface area (Å²) in [6.45, 7) is 1.17. The molecule has 21 heavy (non-hydrogen) atoms. The number of carbonyl (C=O) groups excluding carboxylic acids is 1. The molecular formula is C15H23F3N2O. The van der Waals surface area contributed by atoms with Gasteiger partial charge in [-0.05, 0) is 37.5 Å². The fraction of sp³-hybridized carbons (Fsp3) is 0.933. The predicted octanol–water partition coefficient (Wildman–Crippen LogP) is 2.55. The zero-order valence-electron chi connectivity index (χ0n) is 12.1. The molecule has 3 aliphatic rings. The van der Waals surface area contributed by atoms with Crippen molar-refractivity contribution in [1.82, 2.24) is 4.90 Å². The molecule has 2 aliphatic carbocycles. The van der Waals surface area contributed by atoms with Crippen molar-refractivity contribution < 1.29 is 18.0 Å². The largest absolute Gasteiger partial charge is 0.392 e. The lowest BCUT2D eigenvalue weighted by Gasteiger charge is -2.34. The van der Waals surface area contributed by atoms with Gasteiger partial charge in [0.15, 0.2) is 0 Å². The first-order valence-corrected chi connectivity index (χ1v) is 7.99. The first-order valence-electron chi connectivity index (χ1n) is 7.99. The van der Waals surface area contributed by atoms with E-state index in [1.54, 1.807) is 4.90 Å². The number of amides is 1. The van der Waals surface area contributed by atoms with Crippen LogP contribution in [0, 0.1) is 23.7 Å². The van der Waals surface area contributed by atoms with Crippen molar-refractivity contribution in [3.63, 3.8) is 0 Å². The summed E-state index contributed by atoms with van der Waals surface area (Å²) in [5.41, 5.74) is 6.04. The number of fused-ring (bicyclic) bond motifs is 1. The zero-order valence-corrected chi connectivity index (χ0v) is 12.1. The Morgan fingerprint density at radius 2 is 1.76 bits per heavy atom. The molecule has 0 radical (unpaired) electrons. The molecule has 1 amide bonds. The maximum atomic E-state index is 13.1. The van der Waals surface area contributed by atoms with Crippen LogP contribution >= 0.6 is 0 Å². The molecule has 1 aliphatic heterocycles. The van der Waals surface area contributed by atoms with E-state index in [1.165, 1.54) is 0 Å². The van der Waals surface area contributed by atoms with Crippen LogP contribution in [0.1, 0.15) is 38.5 Å². The van der Waals surface area contributed by atoms with Gasteiger partial charge in [0.25, 0.3) is 0 Å². The Hall–Kier alpha value is -0.780. The molecule has 1 saturated heterocycles. The molecule has 5 atom stereocenters. The number of nitrogens with two attached hydrogens (primary N) is 1. The van der Waals surface area contributed by atoms with Gasteiger partial charge in [-0.3, -0.25) is 4.79 Å². The maximum absolute atomic E-state index is 13.1. The first-order chi connectivity index (χ1) is 9.88. The molecule has 0 aromatic heterocycles. The summed E-state index contributed by atoms with van der Waals surface area (Å²) in [6.07, 6.45) is -0.504. The van der Waals surface area contributed by atoms with Gasteiger partial charge in [-0.25, -0.2) is 0 Å². The Morgan fingerprint density at radius 1 is 1.05 bits per heavy atom. The van der Waals surface area contributed by atoms with E-state index in [1.807, 2.05) is 0 Å². The van der Waals surface area contributed by atoms with Crippen molar-refractivity contribution in [3.05, 3.63) is 0 Å². The van der Waals surface area contributed by atoms with Crippen molar-refractivity contribution in [2.24, 2.45) is 29.4 Å². The summed E-state index contributed by atoms with van der Waals surface area (Å²) < 4.78 is 39.4. The number of nitrogens with zero attached hydrogens (tertiary/aromatic N) is 1. The fourth-order valence-corrected chi connectivity index (χ4v) is 4.54. The molecule has 0 bridgehead atoms. The average Bonchev–Trinajstić information content (AvgIpc) is 3.00. The van der Waals surface area contributed by atoms with Crippen LogP contribution in [-0.4, -0.2) is 36.1 Å². The molecular weight excluding hydrogens is 281 g/mol. The summed E-state index contributed by atoms with van der Waals surface area (Å²) >= 11 is 0. The number of halogens is 3. The summed E-state index contributed by atoms with van der Waals surface area (Å²) in [4.78, 5) is 14.3. The monoisotopic (exact) mass is 304 g/mol. The van der Waals surface area contributed by atoms with Gasteiger partial charge < -0.3 is 10.6 Å². The SMILES string of the molecule is NC1CCC2CN(C(=O)C3CCCCC3C(F)(F)F)CC12. The number of hydrogen-bond acceptors (Lipinski definition) is 2. The maximum Gasteiger partial charge on any atom is 0.392 e. The topological polar surface area (TPSA) is 46.3 Å². The smallest absolute Gasteiger partial charge is 0.342 e. The average molecular weight is 304 g/mol. The number of likely N-dealkylation sites (tertiary alicyclic amines) is 1. The van der Waals surface area contributed by atoms with Crippen LogP contribution in [0.2, 0.25) is 0 Å². The lowest BCUT2D eigenvalue weighted by atomic mass is 9.78.